The molecule has 0 amide bonds. The van der Waals surface area contributed by atoms with Gasteiger partial charge in [-0.15, -0.1) is 0 Å². The maximum absolute atomic E-state index is 13.6. The molecule has 7 nitrogen and oxygen atoms in total. The van der Waals surface area contributed by atoms with Gasteiger partial charge >= 0.3 is 0 Å². The van der Waals surface area contributed by atoms with Gasteiger partial charge < -0.3 is 19.5 Å². The standard InChI is InChI=1S/C26H40N2O5S/c1-19-15-28(20(2)18-29)34(30,31)26-9-8-23(22-6-4-5-7-22)14-24(26)33-25(19)17-27(3)16-21-10-12-32-13-11-21/h6,8-9,14,19-21,25,29H,4-5,7,10-13,15-18H2,1-3H3/t19-,20-,25-/m0/s1. The summed E-state index contributed by atoms with van der Waals surface area (Å²) < 4.78 is 40.8. The Morgan fingerprint density at radius 1 is 1.24 bits per heavy atom. The van der Waals surface area contributed by atoms with Gasteiger partial charge in [0.1, 0.15) is 16.7 Å². The van der Waals surface area contributed by atoms with E-state index in [2.05, 4.69) is 18.0 Å². The van der Waals surface area contributed by atoms with Gasteiger partial charge in [0.2, 0.25) is 10.0 Å². The minimum Gasteiger partial charge on any atom is -0.487 e. The zero-order valence-electron chi connectivity index (χ0n) is 20.8. The molecule has 3 atom stereocenters. The summed E-state index contributed by atoms with van der Waals surface area (Å²) in [4.78, 5) is 2.51. The number of hydrogen-bond acceptors (Lipinski definition) is 6. The van der Waals surface area contributed by atoms with E-state index in [0.29, 0.717) is 24.8 Å². The molecule has 0 radical (unpaired) electrons. The number of benzene rings is 1. The summed E-state index contributed by atoms with van der Waals surface area (Å²) in [6, 6.07) is 5.00. The van der Waals surface area contributed by atoms with Gasteiger partial charge in [0.15, 0.2) is 0 Å². The van der Waals surface area contributed by atoms with Gasteiger partial charge in [0.05, 0.1) is 6.61 Å². The number of ether oxygens (including phenoxy) is 2. The van der Waals surface area contributed by atoms with Gasteiger partial charge in [0.25, 0.3) is 0 Å². The van der Waals surface area contributed by atoms with E-state index in [1.54, 1.807) is 13.0 Å². The largest absolute Gasteiger partial charge is 0.487 e. The van der Waals surface area contributed by atoms with Crippen molar-refractivity contribution < 1.29 is 23.0 Å². The second-order valence-corrected chi connectivity index (χ2v) is 12.2. The van der Waals surface area contributed by atoms with Crippen molar-refractivity contribution in [3.05, 3.63) is 29.8 Å². The number of allylic oxidation sites excluding steroid dienone is 2. The van der Waals surface area contributed by atoms with Crippen LogP contribution in [0.1, 0.15) is 51.5 Å². The molecule has 1 aromatic carbocycles. The Bertz CT molecular complexity index is 973. The van der Waals surface area contributed by atoms with Gasteiger partial charge in [-0.3, -0.25) is 0 Å². The lowest BCUT2D eigenvalue weighted by Crippen LogP contribution is -2.50. The molecule has 190 valence electrons. The topological polar surface area (TPSA) is 79.3 Å². The van der Waals surface area contributed by atoms with Crippen molar-refractivity contribution in [2.75, 3.05) is 46.5 Å². The van der Waals surface area contributed by atoms with Crippen molar-refractivity contribution in [2.45, 2.75) is 63.0 Å². The molecule has 2 heterocycles. The molecule has 1 aliphatic carbocycles. The third-order valence-electron chi connectivity index (χ3n) is 7.48. The zero-order valence-corrected chi connectivity index (χ0v) is 21.6. The summed E-state index contributed by atoms with van der Waals surface area (Å²) in [6.07, 6.45) is 7.42. The predicted molar refractivity (Wildman–Crippen MR) is 133 cm³/mol. The van der Waals surface area contributed by atoms with Gasteiger partial charge in [-0.05, 0) is 75.3 Å². The number of aliphatic hydroxyl groups is 1. The van der Waals surface area contributed by atoms with E-state index in [1.165, 1.54) is 9.88 Å². The molecule has 1 fully saturated rings. The van der Waals surface area contributed by atoms with Crippen LogP contribution in [0.4, 0.5) is 0 Å². The van der Waals surface area contributed by atoms with Crippen molar-refractivity contribution in [1.29, 1.82) is 0 Å². The molecule has 1 N–H and O–H groups in total. The van der Waals surface area contributed by atoms with E-state index < -0.39 is 16.1 Å². The van der Waals surface area contributed by atoms with Gasteiger partial charge in [-0.1, -0.05) is 19.1 Å². The number of hydrogen-bond donors (Lipinski definition) is 1. The highest BCUT2D eigenvalue weighted by molar-refractivity contribution is 7.89. The van der Waals surface area contributed by atoms with Crippen LogP contribution in [0, 0.1) is 11.8 Å². The number of fused-ring (bicyclic) bond motifs is 1. The van der Waals surface area contributed by atoms with Crippen LogP contribution in [0.25, 0.3) is 5.57 Å². The molecule has 1 aromatic rings. The Balaban J connectivity index is 1.64. The number of aliphatic hydroxyl groups excluding tert-OH is 1. The molecule has 0 aromatic heterocycles. The van der Waals surface area contributed by atoms with Crippen LogP contribution in [-0.2, 0) is 14.8 Å². The van der Waals surface area contributed by atoms with Crippen LogP contribution in [0.3, 0.4) is 0 Å². The number of likely N-dealkylation sites (N-methyl/N-ethyl adjacent to an activating group) is 1. The molecular weight excluding hydrogens is 452 g/mol. The second kappa shape index (κ2) is 11.1. The van der Waals surface area contributed by atoms with E-state index in [4.69, 9.17) is 9.47 Å². The van der Waals surface area contributed by atoms with Crippen LogP contribution in [0.5, 0.6) is 5.75 Å². The summed E-state index contributed by atoms with van der Waals surface area (Å²) in [5.41, 5.74) is 2.29. The second-order valence-electron chi connectivity index (χ2n) is 10.3. The molecule has 8 heteroatoms. The van der Waals surface area contributed by atoms with E-state index >= 15 is 0 Å². The maximum Gasteiger partial charge on any atom is 0.247 e. The van der Waals surface area contributed by atoms with E-state index in [-0.39, 0.29) is 23.5 Å². The Labute approximate surface area is 204 Å². The van der Waals surface area contributed by atoms with Crippen molar-refractivity contribution in [3.63, 3.8) is 0 Å². The van der Waals surface area contributed by atoms with Crippen LogP contribution in [-0.4, -0.2) is 81.4 Å². The molecule has 1 saturated heterocycles. The Kier molecular flexibility index (Phi) is 8.36. The minimum absolute atomic E-state index is 0.0385. The predicted octanol–water partition coefficient (Wildman–Crippen LogP) is 3.38. The molecule has 4 rings (SSSR count). The molecule has 0 unspecified atom stereocenters. The third kappa shape index (κ3) is 5.68. The third-order valence-corrected chi connectivity index (χ3v) is 9.50. The first-order chi connectivity index (χ1) is 16.3. The average molecular weight is 493 g/mol. The average Bonchev–Trinajstić information content (AvgIpc) is 3.36. The fourth-order valence-corrected chi connectivity index (χ4v) is 7.15. The van der Waals surface area contributed by atoms with Crippen LogP contribution >= 0.6 is 0 Å². The highest BCUT2D eigenvalue weighted by Crippen LogP contribution is 2.37. The summed E-state index contributed by atoms with van der Waals surface area (Å²) in [5, 5.41) is 9.83. The molecule has 0 bridgehead atoms. The first-order valence-electron chi connectivity index (χ1n) is 12.7. The summed E-state index contributed by atoms with van der Waals surface area (Å²) in [7, 11) is -1.68. The zero-order chi connectivity index (χ0) is 24.3. The van der Waals surface area contributed by atoms with Crippen molar-refractivity contribution in [3.8, 4) is 5.75 Å². The lowest BCUT2D eigenvalue weighted by molar-refractivity contribution is 0.0402. The number of sulfonamides is 1. The van der Waals surface area contributed by atoms with Crippen molar-refractivity contribution in [1.82, 2.24) is 9.21 Å². The van der Waals surface area contributed by atoms with Crippen molar-refractivity contribution >= 4 is 15.6 Å². The molecule has 0 saturated carbocycles. The number of nitrogens with zero attached hydrogens (tertiary/aromatic N) is 2. The summed E-state index contributed by atoms with van der Waals surface area (Å²) in [5.74, 6) is 1.00. The SMILES string of the molecule is C[C@H]1CN([C@@H](C)CO)S(=O)(=O)c2ccc(C3=CCCC3)cc2O[C@H]1CN(C)CC1CCOCC1. The normalized spacial score (nSPS) is 26.9. The fourth-order valence-electron chi connectivity index (χ4n) is 5.33. The van der Waals surface area contributed by atoms with Crippen LogP contribution in [0.2, 0.25) is 0 Å². The molecule has 3 aliphatic rings. The monoisotopic (exact) mass is 492 g/mol. The molecule has 0 spiro atoms. The maximum atomic E-state index is 13.6. The van der Waals surface area contributed by atoms with Gasteiger partial charge in [0, 0.05) is 44.8 Å². The van der Waals surface area contributed by atoms with Gasteiger partial charge in [-0.25, -0.2) is 8.42 Å². The van der Waals surface area contributed by atoms with Crippen molar-refractivity contribution in [2.24, 2.45) is 11.8 Å². The lowest BCUT2D eigenvalue weighted by atomic mass is 9.98. The minimum atomic E-state index is -3.80. The molecule has 34 heavy (non-hydrogen) atoms. The highest BCUT2D eigenvalue weighted by atomic mass is 32.2. The first kappa shape index (κ1) is 25.6. The summed E-state index contributed by atoms with van der Waals surface area (Å²) in [6.45, 7) is 7.24. The smallest absolute Gasteiger partial charge is 0.247 e. The Morgan fingerprint density at radius 3 is 2.68 bits per heavy atom. The van der Waals surface area contributed by atoms with Crippen LogP contribution in [0.15, 0.2) is 29.2 Å². The summed E-state index contributed by atoms with van der Waals surface area (Å²) >= 11 is 0. The first-order valence-corrected chi connectivity index (χ1v) is 14.1. The Morgan fingerprint density at radius 2 is 2.00 bits per heavy atom. The van der Waals surface area contributed by atoms with Gasteiger partial charge in [-0.2, -0.15) is 4.31 Å². The molecule has 2 aliphatic heterocycles. The van der Waals surface area contributed by atoms with E-state index in [9.17, 15) is 13.5 Å². The molecular formula is C26H40N2O5S. The highest BCUT2D eigenvalue weighted by Gasteiger charge is 2.38. The Hall–Kier alpha value is -1.45. The van der Waals surface area contributed by atoms with E-state index in [1.807, 2.05) is 19.1 Å². The quantitative estimate of drug-likeness (QED) is 0.629. The number of rotatable bonds is 7. The lowest BCUT2D eigenvalue weighted by Gasteiger charge is -2.38. The fraction of sp³-hybridized carbons (Fsp3) is 0.692. The van der Waals surface area contributed by atoms with E-state index in [0.717, 1.165) is 57.4 Å². The van der Waals surface area contributed by atoms with Crippen LogP contribution < -0.4 is 4.74 Å².